The summed E-state index contributed by atoms with van der Waals surface area (Å²) in [6, 6.07) is 11.2. The Morgan fingerprint density at radius 2 is 1.93 bits per heavy atom. The van der Waals surface area contributed by atoms with Crippen LogP contribution in [0.15, 0.2) is 52.3 Å². The van der Waals surface area contributed by atoms with Crippen molar-refractivity contribution in [2.45, 2.75) is 22.6 Å². The van der Waals surface area contributed by atoms with Crippen molar-refractivity contribution >= 4 is 56.4 Å². The Bertz CT molecular complexity index is 975. The maximum atomic E-state index is 12.6. The summed E-state index contributed by atoms with van der Waals surface area (Å²) in [6.45, 7) is 0. The van der Waals surface area contributed by atoms with E-state index in [1.54, 1.807) is 30.3 Å². The molecule has 0 atom stereocenters. The molecular weight excluding hydrogens is 408 g/mol. The van der Waals surface area contributed by atoms with Crippen molar-refractivity contribution in [1.82, 2.24) is 0 Å². The first-order valence-electron chi connectivity index (χ1n) is 8.18. The summed E-state index contributed by atoms with van der Waals surface area (Å²) in [4.78, 5) is 24.6. The Morgan fingerprint density at radius 1 is 1.19 bits per heavy atom. The molecular formula is C18H17ClN2O4S2. The molecule has 0 saturated heterocycles. The van der Waals surface area contributed by atoms with Crippen LogP contribution in [-0.2, 0) is 19.4 Å². The third-order valence-electron chi connectivity index (χ3n) is 3.90. The fraction of sp³-hybridized carbons (Fsp3) is 0.222. The van der Waals surface area contributed by atoms with Crippen molar-refractivity contribution in [3.05, 3.63) is 47.5 Å². The number of sulfone groups is 1. The topological polar surface area (TPSA) is 92.3 Å². The van der Waals surface area contributed by atoms with E-state index >= 15 is 0 Å². The first-order chi connectivity index (χ1) is 12.8. The average Bonchev–Trinajstić information content (AvgIpc) is 2.82. The van der Waals surface area contributed by atoms with Gasteiger partial charge in [-0.3, -0.25) is 9.59 Å². The van der Waals surface area contributed by atoms with Crippen LogP contribution in [0.1, 0.15) is 12.8 Å². The monoisotopic (exact) mass is 424 g/mol. The quantitative estimate of drug-likeness (QED) is 0.765. The van der Waals surface area contributed by atoms with Gasteiger partial charge < -0.3 is 10.6 Å². The molecule has 142 valence electrons. The predicted octanol–water partition coefficient (Wildman–Crippen LogP) is 3.58. The standard InChI is InChI=1S/C18H17ClN2O4S2/c19-12-1-3-13(4-2-12)20-18(23)8-10-27(24,25)14-5-6-16-15(11-14)21-17(22)7-9-26-16/h1-6,11H,7-10H2,(H,20,23)(H,21,22). The molecule has 9 heteroatoms. The van der Waals surface area contributed by atoms with Crippen molar-refractivity contribution in [3.8, 4) is 0 Å². The fourth-order valence-electron chi connectivity index (χ4n) is 2.49. The highest BCUT2D eigenvalue weighted by Gasteiger charge is 2.20. The van der Waals surface area contributed by atoms with Gasteiger partial charge in [-0.25, -0.2) is 8.42 Å². The Kier molecular flexibility index (Phi) is 6.08. The lowest BCUT2D eigenvalue weighted by Gasteiger charge is -2.10. The number of hydrogen-bond donors (Lipinski definition) is 2. The number of carbonyl (C=O) groups excluding carboxylic acids is 2. The second kappa shape index (κ2) is 8.33. The molecule has 0 spiro atoms. The third kappa shape index (κ3) is 5.24. The van der Waals surface area contributed by atoms with Crippen LogP contribution in [0.5, 0.6) is 0 Å². The van der Waals surface area contributed by atoms with Crippen LogP contribution < -0.4 is 10.6 Å². The number of amides is 2. The number of hydrogen-bond acceptors (Lipinski definition) is 5. The third-order valence-corrected chi connectivity index (χ3v) is 6.94. The highest BCUT2D eigenvalue weighted by atomic mass is 35.5. The normalized spacial score (nSPS) is 14.0. The largest absolute Gasteiger partial charge is 0.326 e. The molecule has 2 amide bonds. The maximum absolute atomic E-state index is 12.6. The van der Waals surface area contributed by atoms with Gasteiger partial charge in [0.15, 0.2) is 9.84 Å². The second-order valence-corrected chi connectivity index (χ2v) is 9.61. The molecule has 1 aliphatic rings. The van der Waals surface area contributed by atoms with E-state index in [9.17, 15) is 18.0 Å². The SMILES string of the molecule is O=C(CCS(=O)(=O)c1ccc2c(c1)NC(=O)CCS2)Nc1ccc(Cl)cc1. The molecule has 27 heavy (non-hydrogen) atoms. The summed E-state index contributed by atoms with van der Waals surface area (Å²) in [5.41, 5.74) is 1.04. The molecule has 0 aromatic heterocycles. The molecule has 0 radical (unpaired) electrons. The zero-order valence-corrected chi connectivity index (χ0v) is 16.6. The molecule has 1 heterocycles. The van der Waals surface area contributed by atoms with Crippen molar-refractivity contribution < 1.29 is 18.0 Å². The minimum atomic E-state index is -3.66. The summed E-state index contributed by atoms with van der Waals surface area (Å²) in [5.74, 6) is -0.222. The highest BCUT2D eigenvalue weighted by molar-refractivity contribution is 7.99. The molecule has 0 fully saturated rings. The molecule has 0 unspecified atom stereocenters. The first kappa shape index (κ1) is 19.7. The van der Waals surface area contributed by atoms with Crippen LogP contribution in [0, 0.1) is 0 Å². The minimum absolute atomic E-state index is 0.0864. The molecule has 2 N–H and O–H groups in total. The molecule has 0 aliphatic carbocycles. The number of benzene rings is 2. The number of carbonyl (C=O) groups is 2. The number of anilines is 2. The number of thioether (sulfide) groups is 1. The molecule has 2 aromatic rings. The van der Waals surface area contributed by atoms with E-state index < -0.39 is 15.7 Å². The van der Waals surface area contributed by atoms with Crippen molar-refractivity contribution in [3.63, 3.8) is 0 Å². The zero-order chi connectivity index (χ0) is 19.4. The van der Waals surface area contributed by atoms with Gasteiger partial charge in [0, 0.05) is 34.2 Å². The molecule has 6 nitrogen and oxygen atoms in total. The summed E-state index contributed by atoms with van der Waals surface area (Å²) in [7, 11) is -3.66. The van der Waals surface area contributed by atoms with E-state index in [1.807, 2.05) is 0 Å². The Balaban J connectivity index is 1.67. The van der Waals surface area contributed by atoms with E-state index in [4.69, 9.17) is 11.6 Å². The lowest BCUT2D eigenvalue weighted by molar-refractivity contribution is -0.116. The van der Waals surface area contributed by atoms with Gasteiger partial charge >= 0.3 is 0 Å². The van der Waals surface area contributed by atoms with E-state index in [2.05, 4.69) is 10.6 Å². The second-order valence-electron chi connectivity index (χ2n) is 5.93. The van der Waals surface area contributed by atoms with Gasteiger partial charge in [-0.15, -0.1) is 11.8 Å². The number of rotatable bonds is 5. The van der Waals surface area contributed by atoms with Gasteiger partial charge in [0.25, 0.3) is 0 Å². The van der Waals surface area contributed by atoms with Crippen LogP contribution in [0.3, 0.4) is 0 Å². The fourth-order valence-corrected chi connectivity index (χ4v) is 4.82. The van der Waals surface area contributed by atoms with Crippen LogP contribution in [0.4, 0.5) is 11.4 Å². The number of halogens is 1. The Hall–Kier alpha value is -2.03. The van der Waals surface area contributed by atoms with Crippen molar-refractivity contribution in [2.75, 3.05) is 22.1 Å². The van der Waals surface area contributed by atoms with Crippen LogP contribution in [-0.4, -0.2) is 31.7 Å². The van der Waals surface area contributed by atoms with E-state index in [-0.39, 0.29) is 23.0 Å². The molecule has 2 aromatic carbocycles. The van der Waals surface area contributed by atoms with Crippen LogP contribution in [0.25, 0.3) is 0 Å². The van der Waals surface area contributed by atoms with Gasteiger partial charge in [0.05, 0.1) is 16.3 Å². The summed E-state index contributed by atoms with van der Waals surface area (Å²) in [6.07, 6.45) is 0.204. The maximum Gasteiger partial charge on any atom is 0.225 e. The molecule has 1 aliphatic heterocycles. The summed E-state index contributed by atoms with van der Waals surface area (Å²) in [5, 5.41) is 5.90. The summed E-state index contributed by atoms with van der Waals surface area (Å²) < 4.78 is 25.1. The van der Waals surface area contributed by atoms with Crippen LogP contribution in [0.2, 0.25) is 5.02 Å². The summed E-state index contributed by atoms with van der Waals surface area (Å²) >= 11 is 7.29. The van der Waals surface area contributed by atoms with E-state index in [0.29, 0.717) is 28.6 Å². The lowest BCUT2D eigenvalue weighted by atomic mass is 10.3. The molecule has 0 saturated carbocycles. The van der Waals surface area contributed by atoms with Gasteiger partial charge in [-0.05, 0) is 42.5 Å². The number of fused-ring (bicyclic) bond motifs is 1. The first-order valence-corrected chi connectivity index (χ1v) is 11.2. The Morgan fingerprint density at radius 3 is 2.67 bits per heavy atom. The predicted molar refractivity (Wildman–Crippen MR) is 107 cm³/mol. The minimum Gasteiger partial charge on any atom is -0.326 e. The molecule has 0 bridgehead atoms. The van der Waals surface area contributed by atoms with Crippen molar-refractivity contribution in [1.29, 1.82) is 0 Å². The molecule has 3 rings (SSSR count). The van der Waals surface area contributed by atoms with E-state index in [1.165, 1.54) is 23.9 Å². The van der Waals surface area contributed by atoms with Gasteiger partial charge in [-0.2, -0.15) is 0 Å². The van der Waals surface area contributed by atoms with Crippen molar-refractivity contribution in [2.24, 2.45) is 0 Å². The smallest absolute Gasteiger partial charge is 0.225 e. The Labute approximate surface area is 166 Å². The van der Waals surface area contributed by atoms with Gasteiger partial charge in [-0.1, -0.05) is 11.6 Å². The lowest BCUT2D eigenvalue weighted by Crippen LogP contribution is -2.17. The number of nitrogens with one attached hydrogen (secondary N) is 2. The van der Waals surface area contributed by atoms with Gasteiger partial charge in [0.1, 0.15) is 0 Å². The van der Waals surface area contributed by atoms with Gasteiger partial charge in [0.2, 0.25) is 11.8 Å². The van der Waals surface area contributed by atoms with E-state index in [0.717, 1.165) is 4.90 Å². The zero-order valence-electron chi connectivity index (χ0n) is 14.2. The average molecular weight is 425 g/mol. The van der Waals surface area contributed by atoms with Crippen LogP contribution >= 0.6 is 23.4 Å². The highest BCUT2D eigenvalue weighted by Crippen LogP contribution is 2.33.